The number of nitrogens with one attached hydrogen (secondary N) is 1. The van der Waals surface area contributed by atoms with Gasteiger partial charge in [-0.1, -0.05) is 0 Å². The molecule has 1 aliphatic heterocycles. The summed E-state index contributed by atoms with van der Waals surface area (Å²) in [6, 6.07) is 1.40. The van der Waals surface area contributed by atoms with E-state index in [9.17, 15) is 13.2 Å². The zero-order valence-corrected chi connectivity index (χ0v) is 10.7. The number of rotatable bonds is 4. The number of sulfonamides is 1. The Morgan fingerprint density at radius 1 is 1.59 bits per heavy atom. The van der Waals surface area contributed by atoms with Crippen LogP contribution < -0.4 is 10.5 Å². The van der Waals surface area contributed by atoms with Crippen LogP contribution >= 0.6 is 11.3 Å². The van der Waals surface area contributed by atoms with Crippen molar-refractivity contribution in [3.63, 3.8) is 0 Å². The summed E-state index contributed by atoms with van der Waals surface area (Å²) in [7, 11) is -3.72. The SMILES string of the molecule is CC1(NS(=O)(=O)c2sccc2C(N)=O)COC1. The van der Waals surface area contributed by atoms with Crippen molar-refractivity contribution in [2.45, 2.75) is 16.7 Å². The third-order valence-electron chi connectivity index (χ3n) is 2.36. The average molecular weight is 276 g/mol. The van der Waals surface area contributed by atoms with Gasteiger partial charge >= 0.3 is 0 Å². The molecule has 1 amide bonds. The molecule has 1 saturated heterocycles. The minimum Gasteiger partial charge on any atom is -0.377 e. The van der Waals surface area contributed by atoms with Gasteiger partial charge in [0.05, 0.1) is 24.3 Å². The maximum Gasteiger partial charge on any atom is 0.251 e. The molecule has 17 heavy (non-hydrogen) atoms. The molecule has 0 aliphatic carbocycles. The molecule has 2 heterocycles. The molecule has 0 atom stereocenters. The number of primary amides is 1. The van der Waals surface area contributed by atoms with Gasteiger partial charge in [-0.2, -0.15) is 4.72 Å². The third-order valence-corrected chi connectivity index (χ3v) is 5.48. The van der Waals surface area contributed by atoms with Crippen LogP contribution in [0.2, 0.25) is 0 Å². The van der Waals surface area contributed by atoms with Crippen molar-refractivity contribution in [1.29, 1.82) is 0 Å². The molecular formula is C9H12N2O4S2. The highest BCUT2D eigenvalue weighted by molar-refractivity contribution is 7.91. The molecule has 3 N–H and O–H groups in total. The lowest BCUT2D eigenvalue weighted by Gasteiger charge is -2.38. The number of ether oxygens (including phenoxy) is 1. The van der Waals surface area contributed by atoms with Crippen LogP contribution in [0.3, 0.4) is 0 Å². The van der Waals surface area contributed by atoms with E-state index in [0.717, 1.165) is 11.3 Å². The van der Waals surface area contributed by atoms with Crippen molar-refractivity contribution in [3.05, 3.63) is 17.0 Å². The summed E-state index contributed by atoms with van der Waals surface area (Å²) in [6.07, 6.45) is 0. The highest BCUT2D eigenvalue weighted by Crippen LogP contribution is 2.25. The second kappa shape index (κ2) is 4.05. The zero-order chi connectivity index (χ0) is 12.7. The highest BCUT2D eigenvalue weighted by Gasteiger charge is 2.39. The molecule has 0 unspecified atom stereocenters. The van der Waals surface area contributed by atoms with Gasteiger partial charge in [0.2, 0.25) is 0 Å². The van der Waals surface area contributed by atoms with E-state index in [1.54, 1.807) is 6.92 Å². The standard InChI is InChI=1S/C9H12N2O4S2/c1-9(4-15-5-9)11-17(13,14)8-6(7(10)12)2-3-16-8/h2-3,11H,4-5H2,1H3,(H2,10,12). The molecule has 1 aromatic rings. The van der Waals surface area contributed by atoms with Gasteiger partial charge in [-0.3, -0.25) is 4.79 Å². The second-order valence-electron chi connectivity index (χ2n) is 4.14. The summed E-state index contributed by atoms with van der Waals surface area (Å²) < 4.78 is 31.6. The summed E-state index contributed by atoms with van der Waals surface area (Å²) in [6.45, 7) is 2.39. The smallest absolute Gasteiger partial charge is 0.251 e. The molecule has 0 aromatic carbocycles. The first-order valence-electron chi connectivity index (χ1n) is 4.83. The topological polar surface area (TPSA) is 98.5 Å². The average Bonchev–Trinajstić information content (AvgIpc) is 2.63. The first kappa shape index (κ1) is 12.5. The van der Waals surface area contributed by atoms with Crippen LogP contribution in [-0.2, 0) is 14.8 Å². The minimum absolute atomic E-state index is 0.0198. The minimum atomic E-state index is -3.72. The lowest BCUT2D eigenvalue weighted by Crippen LogP contribution is -2.59. The van der Waals surface area contributed by atoms with Crippen LogP contribution in [0.4, 0.5) is 0 Å². The van der Waals surface area contributed by atoms with Crippen molar-refractivity contribution < 1.29 is 17.9 Å². The highest BCUT2D eigenvalue weighted by atomic mass is 32.2. The van der Waals surface area contributed by atoms with Crippen molar-refractivity contribution in [1.82, 2.24) is 4.72 Å². The number of nitrogens with two attached hydrogens (primary N) is 1. The molecule has 0 bridgehead atoms. The molecule has 1 aromatic heterocycles. The number of thiophene rings is 1. The third kappa shape index (κ3) is 2.34. The van der Waals surface area contributed by atoms with Gasteiger partial charge in [-0.25, -0.2) is 8.42 Å². The molecule has 1 fully saturated rings. The van der Waals surface area contributed by atoms with E-state index in [0.29, 0.717) is 13.2 Å². The Balaban J connectivity index is 2.31. The Morgan fingerprint density at radius 3 is 2.71 bits per heavy atom. The Hall–Kier alpha value is -0.960. The number of hydrogen-bond acceptors (Lipinski definition) is 5. The summed E-state index contributed by atoms with van der Waals surface area (Å²) in [5.74, 6) is -0.748. The maximum absolute atomic E-state index is 12.1. The summed E-state index contributed by atoms with van der Waals surface area (Å²) in [4.78, 5) is 11.1. The van der Waals surface area contributed by atoms with Gasteiger partial charge in [-0.15, -0.1) is 11.3 Å². The Morgan fingerprint density at radius 2 is 2.24 bits per heavy atom. The predicted molar refractivity (Wildman–Crippen MR) is 62.4 cm³/mol. The van der Waals surface area contributed by atoms with Crippen LogP contribution in [0.15, 0.2) is 15.7 Å². The van der Waals surface area contributed by atoms with Crippen molar-refractivity contribution in [2.75, 3.05) is 13.2 Å². The fourth-order valence-electron chi connectivity index (χ4n) is 1.52. The quantitative estimate of drug-likeness (QED) is 0.803. The van der Waals surface area contributed by atoms with E-state index in [4.69, 9.17) is 10.5 Å². The van der Waals surface area contributed by atoms with E-state index in [2.05, 4.69) is 4.72 Å². The fraction of sp³-hybridized carbons (Fsp3) is 0.444. The molecule has 94 valence electrons. The monoisotopic (exact) mass is 276 g/mol. The van der Waals surface area contributed by atoms with Crippen LogP contribution in [0, 0.1) is 0 Å². The van der Waals surface area contributed by atoms with Gasteiger partial charge in [0, 0.05) is 0 Å². The maximum atomic E-state index is 12.1. The van der Waals surface area contributed by atoms with Gasteiger partial charge in [0.15, 0.2) is 0 Å². The van der Waals surface area contributed by atoms with Gasteiger partial charge in [-0.05, 0) is 18.4 Å². The normalized spacial score (nSPS) is 18.6. The van der Waals surface area contributed by atoms with E-state index < -0.39 is 21.5 Å². The molecule has 0 radical (unpaired) electrons. The molecule has 0 spiro atoms. The Bertz CT molecular complexity index is 545. The molecule has 8 heteroatoms. The Kier molecular flexibility index (Phi) is 2.98. The predicted octanol–water partition coefficient (Wildman–Crippen LogP) is -0.0858. The van der Waals surface area contributed by atoms with Gasteiger partial charge in [0.1, 0.15) is 4.21 Å². The zero-order valence-electron chi connectivity index (χ0n) is 9.10. The van der Waals surface area contributed by atoms with E-state index in [1.807, 2.05) is 0 Å². The van der Waals surface area contributed by atoms with E-state index in [1.165, 1.54) is 11.4 Å². The number of hydrogen-bond donors (Lipinski definition) is 2. The lowest BCUT2D eigenvalue weighted by atomic mass is 10.0. The van der Waals surface area contributed by atoms with Crippen LogP contribution in [0.25, 0.3) is 0 Å². The number of carbonyl (C=O) groups excluding carboxylic acids is 1. The summed E-state index contributed by atoms with van der Waals surface area (Å²) in [5, 5.41) is 1.52. The van der Waals surface area contributed by atoms with Crippen molar-refractivity contribution >= 4 is 27.3 Å². The van der Waals surface area contributed by atoms with Crippen LogP contribution in [0.5, 0.6) is 0 Å². The second-order valence-corrected chi connectivity index (χ2v) is 6.94. The Labute approximate surface area is 103 Å². The summed E-state index contributed by atoms with van der Waals surface area (Å²) in [5.41, 5.74) is 4.54. The number of carbonyl (C=O) groups is 1. The first-order chi connectivity index (χ1) is 7.84. The molecule has 0 saturated carbocycles. The van der Waals surface area contributed by atoms with Crippen LogP contribution in [-0.4, -0.2) is 33.1 Å². The first-order valence-corrected chi connectivity index (χ1v) is 7.19. The summed E-state index contributed by atoms with van der Waals surface area (Å²) >= 11 is 0.968. The van der Waals surface area contributed by atoms with Crippen molar-refractivity contribution in [3.8, 4) is 0 Å². The molecular weight excluding hydrogens is 264 g/mol. The fourth-order valence-corrected chi connectivity index (χ4v) is 4.26. The van der Waals surface area contributed by atoms with Crippen LogP contribution in [0.1, 0.15) is 17.3 Å². The molecule has 2 rings (SSSR count). The van der Waals surface area contributed by atoms with E-state index >= 15 is 0 Å². The largest absolute Gasteiger partial charge is 0.377 e. The lowest BCUT2D eigenvalue weighted by molar-refractivity contribution is -0.0523. The molecule has 6 nitrogen and oxygen atoms in total. The van der Waals surface area contributed by atoms with Gasteiger partial charge in [0.25, 0.3) is 15.9 Å². The number of amides is 1. The van der Waals surface area contributed by atoms with Crippen molar-refractivity contribution in [2.24, 2.45) is 5.73 Å². The van der Waals surface area contributed by atoms with Gasteiger partial charge < -0.3 is 10.5 Å². The van der Waals surface area contributed by atoms with E-state index in [-0.39, 0.29) is 9.77 Å². The molecule has 1 aliphatic rings.